The predicted molar refractivity (Wildman–Crippen MR) is 44.2 cm³/mol. The molecule has 1 N–H and O–H groups in total. The van der Waals surface area contributed by atoms with E-state index in [-0.39, 0.29) is 12.8 Å². The average molecular weight is 204 g/mol. The van der Waals surface area contributed by atoms with Gasteiger partial charge in [0.15, 0.2) is 0 Å². The van der Waals surface area contributed by atoms with Crippen LogP contribution in [0.4, 0.5) is 4.79 Å². The molecule has 0 aromatic rings. The van der Waals surface area contributed by atoms with Crippen molar-refractivity contribution < 1.29 is 19.2 Å². The van der Waals surface area contributed by atoms with Crippen molar-refractivity contribution in [2.45, 2.75) is 12.8 Å². The number of rotatable bonds is 2. The van der Waals surface area contributed by atoms with Crippen LogP contribution in [-0.2, 0) is 14.4 Å². The summed E-state index contributed by atoms with van der Waals surface area (Å²) in [7, 11) is 1.53. The average Bonchev–Trinajstić information content (AvgIpc) is 2.36. The van der Waals surface area contributed by atoms with E-state index in [2.05, 4.69) is 9.56 Å². The zero-order chi connectivity index (χ0) is 9.84. The van der Waals surface area contributed by atoms with E-state index in [0.29, 0.717) is 17.0 Å². The summed E-state index contributed by atoms with van der Waals surface area (Å²) in [5.74, 6) is -0.954. The van der Waals surface area contributed by atoms with Crippen LogP contribution in [0.15, 0.2) is 0 Å². The molecule has 6 nitrogen and oxygen atoms in total. The molecule has 2 amide bonds. The van der Waals surface area contributed by atoms with E-state index in [1.54, 1.807) is 0 Å². The molecule has 1 rings (SSSR count). The largest absolute Gasteiger partial charge is 0.407 e. The Bertz CT molecular complexity index is 239. The van der Waals surface area contributed by atoms with Gasteiger partial charge in [0.05, 0.1) is 0 Å². The van der Waals surface area contributed by atoms with Gasteiger partial charge in [-0.1, -0.05) is 0 Å². The van der Waals surface area contributed by atoms with E-state index >= 15 is 0 Å². The second kappa shape index (κ2) is 4.24. The molecular formula is C6H8N2O4S. The summed E-state index contributed by atoms with van der Waals surface area (Å²) in [5.41, 5.74) is 0. The van der Waals surface area contributed by atoms with Gasteiger partial charge in [-0.25, -0.2) is 4.79 Å². The first-order valence-corrected chi connectivity index (χ1v) is 4.38. The van der Waals surface area contributed by atoms with E-state index < -0.39 is 17.1 Å². The Morgan fingerprint density at radius 1 is 1.46 bits per heavy atom. The van der Waals surface area contributed by atoms with Gasteiger partial charge >= 0.3 is 5.30 Å². The zero-order valence-electron chi connectivity index (χ0n) is 6.90. The molecule has 0 unspecified atom stereocenters. The number of amides is 2. The molecule has 13 heavy (non-hydrogen) atoms. The first kappa shape index (κ1) is 10.0. The molecule has 1 fully saturated rings. The Balaban J connectivity index is 2.48. The van der Waals surface area contributed by atoms with Gasteiger partial charge in [-0.2, -0.15) is 0 Å². The van der Waals surface area contributed by atoms with Crippen molar-refractivity contribution in [3.63, 3.8) is 0 Å². The van der Waals surface area contributed by atoms with Gasteiger partial charge in [0.1, 0.15) is 0 Å². The summed E-state index contributed by atoms with van der Waals surface area (Å²) in [6.45, 7) is 0. The van der Waals surface area contributed by atoms with E-state index in [4.69, 9.17) is 0 Å². The molecule has 0 aromatic heterocycles. The summed E-state index contributed by atoms with van der Waals surface area (Å²) in [5, 5.41) is -0.224. The minimum absolute atomic E-state index is 0.107. The summed E-state index contributed by atoms with van der Waals surface area (Å²) in [6, 6.07) is 0. The van der Waals surface area contributed by atoms with Crippen molar-refractivity contribution in [1.82, 2.24) is 9.79 Å². The molecule has 0 bridgehead atoms. The lowest BCUT2D eigenvalue weighted by Gasteiger charge is -2.10. The molecule has 0 aromatic carbocycles. The van der Waals surface area contributed by atoms with E-state index in [9.17, 15) is 14.4 Å². The summed E-state index contributed by atoms with van der Waals surface area (Å²) in [4.78, 5) is 37.1. The highest BCUT2D eigenvalue weighted by Crippen LogP contribution is 2.14. The zero-order valence-corrected chi connectivity index (χ0v) is 7.72. The fourth-order valence-corrected chi connectivity index (χ4v) is 1.11. The normalized spacial score (nSPS) is 16.5. The number of carbonyl (C=O) groups is 3. The molecular weight excluding hydrogens is 196 g/mol. The van der Waals surface area contributed by atoms with Crippen LogP contribution in [0.5, 0.6) is 0 Å². The number of hydrogen-bond donors (Lipinski definition) is 1. The Morgan fingerprint density at radius 3 is 2.46 bits per heavy atom. The number of hydrogen-bond acceptors (Lipinski definition) is 6. The molecule has 7 heteroatoms. The van der Waals surface area contributed by atoms with Gasteiger partial charge in [0, 0.05) is 24.8 Å². The molecule has 72 valence electrons. The summed E-state index contributed by atoms with van der Waals surface area (Å²) >= 11 is 0.665. The monoisotopic (exact) mass is 204 g/mol. The Morgan fingerprint density at radius 2 is 2.00 bits per heavy atom. The van der Waals surface area contributed by atoms with E-state index in [1.165, 1.54) is 7.05 Å². The van der Waals surface area contributed by atoms with Crippen LogP contribution in [0, 0.1) is 0 Å². The SMILES string of the molecule is CNSC(=O)ON1C(=O)CCC1=O. The smallest absolute Gasteiger partial charge is 0.318 e. The maximum absolute atomic E-state index is 10.9. The van der Waals surface area contributed by atoms with Crippen LogP contribution in [0.3, 0.4) is 0 Å². The third kappa shape index (κ3) is 2.43. The Labute approximate surface area is 78.7 Å². The topological polar surface area (TPSA) is 75.7 Å². The van der Waals surface area contributed by atoms with Crippen molar-refractivity contribution in [3.05, 3.63) is 0 Å². The highest BCUT2D eigenvalue weighted by molar-refractivity contribution is 8.11. The number of nitrogens with zero attached hydrogens (tertiary/aromatic N) is 1. The first-order chi connectivity index (χ1) is 6.15. The van der Waals surface area contributed by atoms with Crippen molar-refractivity contribution in [3.8, 4) is 0 Å². The lowest BCUT2D eigenvalue weighted by Crippen LogP contribution is -2.31. The quantitative estimate of drug-likeness (QED) is 0.506. The fourth-order valence-electron chi connectivity index (χ4n) is 0.834. The van der Waals surface area contributed by atoms with Crippen LogP contribution in [0.1, 0.15) is 12.8 Å². The van der Waals surface area contributed by atoms with E-state index in [0.717, 1.165) is 0 Å². The molecule has 0 saturated carbocycles. The van der Waals surface area contributed by atoms with Crippen molar-refractivity contribution in [2.75, 3.05) is 7.05 Å². The minimum Gasteiger partial charge on any atom is -0.318 e. The first-order valence-electron chi connectivity index (χ1n) is 3.56. The highest BCUT2D eigenvalue weighted by Gasteiger charge is 2.32. The Hall–Kier alpha value is -1.08. The molecule has 1 heterocycles. The van der Waals surface area contributed by atoms with Crippen LogP contribution >= 0.6 is 11.9 Å². The van der Waals surface area contributed by atoms with Crippen LogP contribution in [-0.4, -0.2) is 29.2 Å². The maximum atomic E-state index is 10.9. The number of hydroxylamine groups is 2. The fraction of sp³-hybridized carbons (Fsp3) is 0.500. The second-order valence-electron chi connectivity index (χ2n) is 2.23. The summed E-state index contributed by atoms with van der Waals surface area (Å²) in [6.07, 6.45) is 0.215. The lowest BCUT2D eigenvalue weighted by molar-refractivity contribution is -0.169. The molecule has 1 aliphatic heterocycles. The molecule has 0 radical (unpaired) electrons. The van der Waals surface area contributed by atoms with Gasteiger partial charge in [0.25, 0.3) is 11.8 Å². The minimum atomic E-state index is -0.730. The number of imide groups is 1. The third-order valence-electron chi connectivity index (χ3n) is 1.36. The summed E-state index contributed by atoms with van der Waals surface area (Å²) < 4.78 is 2.46. The number of carbonyl (C=O) groups excluding carboxylic acids is 3. The molecule has 1 saturated heterocycles. The predicted octanol–water partition coefficient (Wildman–Crippen LogP) is 0.0546. The Kier molecular flexibility index (Phi) is 3.26. The standard InChI is InChI=1S/C6H8N2O4S/c1-7-13-6(11)12-8-4(9)2-3-5(8)10/h7H,2-3H2,1H3. The van der Waals surface area contributed by atoms with Crippen molar-refractivity contribution in [1.29, 1.82) is 0 Å². The van der Waals surface area contributed by atoms with Crippen molar-refractivity contribution in [2.24, 2.45) is 0 Å². The van der Waals surface area contributed by atoms with Gasteiger partial charge in [-0.05, 0) is 7.05 Å². The van der Waals surface area contributed by atoms with E-state index in [1.807, 2.05) is 0 Å². The third-order valence-corrected chi connectivity index (χ3v) is 1.80. The highest BCUT2D eigenvalue weighted by atomic mass is 32.2. The van der Waals surface area contributed by atoms with Gasteiger partial charge in [0.2, 0.25) is 0 Å². The maximum Gasteiger partial charge on any atom is 0.407 e. The second-order valence-corrected chi connectivity index (χ2v) is 3.18. The van der Waals surface area contributed by atoms with Crippen LogP contribution in [0.2, 0.25) is 0 Å². The number of nitrogens with one attached hydrogen (secondary N) is 1. The molecule has 1 aliphatic rings. The van der Waals surface area contributed by atoms with Gasteiger partial charge in [-0.15, -0.1) is 5.06 Å². The molecule has 0 spiro atoms. The molecule has 0 aliphatic carbocycles. The molecule has 0 atom stereocenters. The van der Waals surface area contributed by atoms with Gasteiger partial charge < -0.3 is 4.84 Å². The lowest BCUT2D eigenvalue weighted by atomic mass is 10.4. The van der Waals surface area contributed by atoms with Crippen LogP contribution in [0.25, 0.3) is 0 Å². The van der Waals surface area contributed by atoms with Gasteiger partial charge in [-0.3, -0.25) is 14.3 Å². The van der Waals surface area contributed by atoms with Crippen LogP contribution < -0.4 is 4.72 Å². The van der Waals surface area contributed by atoms with Crippen molar-refractivity contribution >= 4 is 29.1 Å².